The summed E-state index contributed by atoms with van der Waals surface area (Å²) in [6, 6.07) is 8.33. The molecule has 19 heavy (non-hydrogen) atoms. The van der Waals surface area contributed by atoms with E-state index in [1.807, 2.05) is 18.2 Å². The lowest BCUT2D eigenvalue weighted by Crippen LogP contribution is -2.26. The Morgan fingerprint density at radius 2 is 1.95 bits per heavy atom. The van der Waals surface area contributed by atoms with E-state index in [4.69, 9.17) is 9.47 Å². The summed E-state index contributed by atoms with van der Waals surface area (Å²) < 4.78 is 11.2. The highest BCUT2D eigenvalue weighted by atomic mass is 16.5. The molecule has 0 aromatic heterocycles. The summed E-state index contributed by atoms with van der Waals surface area (Å²) >= 11 is 0. The van der Waals surface area contributed by atoms with Crippen LogP contribution >= 0.6 is 0 Å². The molecule has 3 nitrogen and oxygen atoms in total. The fourth-order valence-electron chi connectivity index (χ4n) is 2.11. The number of hydrogen-bond donors (Lipinski definition) is 1. The highest BCUT2D eigenvalue weighted by Gasteiger charge is 2.14. The molecule has 0 fully saturated rings. The summed E-state index contributed by atoms with van der Waals surface area (Å²) in [7, 11) is 1.71. The quantitative estimate of drug-likeness (QED) is 0.656. The minimum absolute atomic E-state index is 0.197. The second-order valence-corrected chi connectivity index (χ2v) is 4.63. The smallest absolute Gasteiger partial charge is 0.123 e. The van der Waals surface area contributed by atoms with Gasteiger partial charge in [-0.25, -0.2) is 0 Å². The Kier molecular flexibility index (Phi) is 8.26. The van der Waals surface area contributed by atoms with Crippen LogP contribution in [-0.2, 0) is 4.74 Å². The van der Waals surface area contributed by atoms with E-state index in [1.165, 1.54) is 18.4 Å². The normalized spacial score (nSPS) is 12.4. The molecule has 1 N–H and O–H groups in total. The average Bonchev–Trinajstić information content (AvgIpc) is 2.46. The third-order valence-electron chi connectivity index (χ3n) is 3.14. The van der Waals surface area contributed by atoms with Gasteiger partial charge in [-0.15, -0.1) is 0 Å². The first kappa shape index (κ1) is 16.0. The number of para-hydroxylation sites is 1. The van der Waals surface area contributed by atoms with Crippen LogP contribution in [0.1, 0.15) is 44.7 Å². The Hall–Kier alpha value is -1.06. The maximum absolute atomic E-state index is 5.79. The van der Waals surface area contributed by atoms with E-state index >= 15 is 0 Å². The first-order valence-electron chi connectivity index (χ1n) is 7.27. The molecule has 108 valence electrons. The maximum atomic E-state index is 5.79. The Bertz CT molecular complexity index is 341. The van der Waals surface area contributed by atoms with Crippen molar-refractivity contribution in [3.05, 3.63) is 29.8 Å². The predicted molar refractivity (Wildman–Crippen MR) is 79.8 cm³/mol. The molecule has 0 saturated heterocycles. The first-order chi connectivity index (χ1) is 9.33. The number of ether oxygens (including phenoxy) is 2. The van der Waals surface area contributed by atoms with Crippen LogP contribution < -0.4 is 10.1 Å². The van der Waals surface area contributed by atoms with Crippen molar-refractivity contribution in [2.75, 3.05) is 26.9 Å². The van der Waals surface area contributed by atoms with Crippen LogP contribution in [0.2, 0.25) is 0 Å². The summed E-state index contributed by atoms with van der Waals surface area (Å²) in [5.74, 6) is 0.922. The molecular weight excluding hydrogens is 238 g/mol. The predicted octanol–water partition coefficient (Wildman–Crippen LogP) is 3.55. The van der Waals surface area contributed by atoms with Crippen molar-refractivity contribution in [3.63, 3.8) is 0 Å². The first-order valence-corrected chi connectivity index (χ1v) is 7.27. The van der Waals surface area contributed by atoms with Gasteiger partial charge in [-0.1, -0.05) is 44.9 Å². The van der Waals surface area contributed by atoms with Crippen LogP contribution in [0.15, 0.2) is 24.3 Å². The molecule has 0 saturated carbocycles. The zero-order valence-corrected chi connectivity index (χ0v) is 12.4. The van der Waals surface area contributed by atoms with Crippen molar-refractivity contribution >= 4 is 0 Å². The Balaban J connectivity index is 2.55. The largest absolute Gasteiger partial charge is 0.496 e. The Morgan fingerprint density at radius 3 is 2.63 bits per heavy atom. The number of nitrogens with one attached hydrogen (secondary N) is 1. The second kappa shape index (κ2) is 9.82. The number of likely N-dealkylation sites (N-methyl/N-ethyl adjacent to an activating group) is 1. The molecule has 0 heterocycles. The topological polar surface area (TPSA) is 30.5 Å². The molecule has 0 aliphatic carbocycles. The maximum Gasteiger partial charge on any atom is 0.123 e. The van der Waals surface area contributed by atoms with E-state index in [0.717, 1.165) is 25.3 Å². The van der Waals surface area contributed by atoms with Gasteiger partial charge < -0.3 is 14.8 Å². The van der Waals surface area contributed by atoms with Gasteiger partial charge in [0, 0.05) is 12.2 Å². The van der Waals surface area contributed by atoms with Crippen molar-refractivity contribution in [3.8, 4) is 5.75 Å². The molecule has 0 aliphatic rings. The molecule has 1 atom stereocenters. The highest BCUT2D eigenvalue weighted by Crippen LogP contribution is 2.24. The standard InChI is InChI=1S/C16H27NO2/c1-4-6-9-12-19-13-15(17-5-2)14-10-7-8-11-16(14)18-3/h7-8,10-11,15,17H,4-6,9,12-13H2,1-3H3. The molecule has 3 heteroatoms. The van der Waals surface area contributed by atoms with Crippen molar-refractivity contribution in [1.82, 2.24) is 5.32 Å². The van der Waals surface area contributed by atoms with Crippen LogP contribution in [0.5, 0.6) is 5.75 Å². The second-order valence-electron chi connectivity index (χ2n) is 4.63. The van der Waals surface area contributed by atoms with E-state index in [1.54, 1.807) is 7.11 Å². The molecule has 1 aromatic carbocycles. The van der Waals surface area contributed by atoms with Gasteiger partial charge in [0.05, 0.1) is 19.8 Å². The monoisotopic (exact) mass is 265 g/mol. The van der Waals surface area contributed by atoms with Crippen molar-refractivity contribution in [1.29, 1.82) is 0 Å². The fourth-order valence-corrected chi connectivity index (χ4v) is 2.11. The zero-order valence-electron chi connectivity index (χ0n) is 12.4. The van der Waals surface area contributed by atoms with Crippen molar-refractivity contribution in [2.45, 2.75) is 39.2 Å². The van der Waals surface area contributed by atoms with E-state index < -0.39 is 0 Å². The zero-order chi connectivity index (χ0) is 13.9. The summed E-state index contributed by atoms with van der Waals surface area (Å²) in [4.78, 5) is 0. The number of benzene rings is 1. The van der Waals surface area contributed by atoms with Gasteiger partial charge in [-0.2, -0.15) is 0 Å². The molecule has 0 amide bonds. The van der Waals surface area contributed by atoms with E-state index in [9.17, 15) is 0 Å². The number of methoxy groups -OCH3 is 1. The third kappa shape index (κ3) is 5.62. The molecular formula is C16H27NO2. The lowest BCUT2D eigenvalue weighted by atomic mass is 10.1. The van der Waals surface area contributed by atoms with E-state index in [0.29, 0.717) is 6.61 Å². The van der Waals surface area contributed by atoms with Crippen LogP contribution in [0.25, 0.3) is 0 Å². The van der Waals surface area contributed by atoms with Gasteiger partial charge in [-0.3, -0.25) is 0 Å². The third-order valence-corrected chi connectivity index (χ3v) is 3.14. The van der Waals surface area contributed by atoms with Crippen LogP contribution in [0.3, 0.4) is 0 Å². The van der Waals surface area contributed by atoms with Gasteiger partial charge in [-0.05, 0) is 19.0 Å². The van der Waals surface area contributed by atoms with Gasteiger partial charge in [0.2, 0.25) is 0 Å². The summed E-state index contributed by atoms with van der Waals surface area (Å²) in [5.41, 5.74) is 1.17. The van der Waals surface area contributed by atoms with Gasteiger partial charge in [0.15, 0.2) is 0 Å². The van der Waals surface area contributed by atoms with Crippen molar-refractivity contribution < 1.29 is 9.47 Å². The van der Waals surface area contributed by atoms with Gasteiger partial charge >= 0.3 is 0 Å². The van der Waals surface area contributed by atoms with E-state index in [2.05, 4.69) is 25.2 Å². The molecule has 1 unspecified atom stereocenters. The minimum atomic E-state index is 0.197. The summed E-state index contributed by atoms with van der Waals surface area (Å²) in [5, 5.41) is 3.46. The Morgan fingerprint density at radius 1 is 1.16 bits per heavy atom. The number of hydrogen-bond acceptors (Lipinski definition) is 3. The average molecular weight is 265 g/mol. The lowest BCUT2D eigenvalue weighted by Gasteiger charge is -2.20. The van der Waals surface area contributed by atoms with Gasteiger partial charge in [0.25, 0.3) is 0 Å². The lowest BCUT2D eigenvalue weighted by molar-refractivity contribution is 0.108. The molecule has 0 aliphatic heterocycles. The fraction of sp³-hybridized carbons (Fsp3) is 0.625. The number of unbranched alkanes of at least 4 members (excludes halogenated alkanes) is 2. The number of rotatable bonds is 10. The van der Waals surface area contributed by atoms with Crippen LogP contribution in [0, 0.1) is 0 Å². The Labute approximate surface area is 117 Å². The van der Waals surface area contributed by atoms with Crippen LogP contribution in [0.4, 0.5) is 0 Å². The molecule has 0 spiro atoms. The molecule has 1 rings (SSSR count). The minimum Gasteiger partial charge on any atom is -0.496 e. The SMILES string of the molecule is CCCCCOCC(NCC)c1ccccc1OC. The van der Waals surface area contributed by atoms with Crippen LogP contribution in [-0.4, -0.2) is 26.9 Å². The van der Waals surface area contributed by atoms with Crippen molar-refractivity contribution in [2.24, 2.45) is 0 Å². The van der Waals surface area contributed by atoms with E-state index in [-0.39, 0.29) is 6.04 Å². The van der Waals surface area contributed by atoms with Gasteiger partial charge in [0.1, 0.15) is 5.75 Å². The summed E-state index contributed by atoms with van der Waals surface area (Å²) in [6.45, 7) is 6.76. The summed E-state index contributed by atoms with van der Waals surface area (Å²) in [6.07, 6.45) is 3.61. The molecule has 0 bridgehead atoms. The molecule has 0 radical (unpaired) electrons. The molecule has 1 aromatic rings. The highest BCUT2D eigenvalue weighted by molar-refractivity contribution is 5.35.